The lowest BCUT2D eigenvalue weighted by Gasteiger charge is -2.31. The summed E-state index contributed by atoms with van der Waals surface area (Å²) < 4.78 is 13.6. The minimum atomic E-state index is -1.33. The third-order valence-corrected chi connectivity index (χ3v) is 3.89. The summed E-state index contributed by atoms with van der Waals surface area (Å²) in [6.45, 7) is 0. The summed E-state index contributed by atoms with van der Waals surface area (Å²) in [6, 6.07) is 3.47. The van der Waals surface area contributed by atoms with Gasteiger partial charge < -0.3 is 15.3 Å². The highest BCUT2D eigenvalue weighted by Gasteiger charge is 2.22. The molecule has 1 saturated carbocycles. The zero-order valence-electron chi connectivity index (χ0n) is 11.9. The first-order valence-corrected chi connectivity index (χ1v) is 7.05. The molecule has 1 aliphatic carbocycles. The van der Waals surface area contributed by atoms with Crippen molar-refractivity contribution in [1.82, 2.24) is 4.90 Å². The van der Waals surface area contributed by atoms with Crippen molar-refractivity contribution in [3.63, 3.8) is 0 Å². The van der Waals surface area contributed by atoms with E-state index in [-0.39, 0.29) is 17.8 Å². The zero-order chi connectivity index (χ0) is 15.4. The molecular formula is C15H19FN2O3. The van der Waals surface area contributed by atoms with Crippen LogP contribution in [0.15, 0.2) is 18.2 Å². The number of benzene rings is 1. The second-order valence-electron chi connectivity index (χ2n) is 5.33. The molecule has 114 valence electrons. The lowest BCUT2D eigenvalue weighted by atomic mass is 9.95. The van der Waals surface area contributed by atoms with E-state index in [9.17, 15) is 14.0 Å². The van der Waals surface area contributed by atoms with Crippen LogP contribution in [-0.4, -0.2) is 35.1 Å². The molecule has 6 heteroatoms. The quantitative estimate of drug-likeness (QED) is 0.898. The van der Waals surface area contributed by atoms with Gasteiger partial charge in [-0.2, -0.15) is 0 Å². The number of halogens is 1. The Hall–Kier alpha value is -2.11. The van der Waals surface area contributed by atoms with E-state index in [1.807, 2.05) is 0 Å². The van der Waals surface area contributed by atoms with Crippen LogP contribution in [0.5, 0.6) is 0 Å². The molecular weight excluding hydrogens is 275 g/mol. The van der Waals surface area contributed by atoms with Crippen molar-refractivity contribution < 1.29 is 19.1 Å². The zero-order valence-corrected chi connectivity index (χ0v) is 11.9. The smallest absolute Gasteiger partial charge is 0.338 e. The molecule has 2 N–H and O–H groups in total. The molecule has 0 radical (unpaired) electrons. The predicted molar refractivity (Wildman–Crippen MR) is 77.0 cm³/mol. The van der Waals surface area contributed by atoms with Crippen LogP contribution in [0.4, 0.5) is 14.9 Å². The first-order chi connectivity index (χ1) is 9.99. The molecule has 0 spiro atoms. The van der Waals surface area contributed by atoms with Gasteiger partial charge in [-0.05, 0) is 31.0 Å². The number of carbonyl (C=O) groups excluding carboxylic acids is 1. The van der Waals surface area contributed by atoms with Gasteiger partial charge in [-0.3, -0.25) is 0 Å². The van der Waals surface area contributed by atoms with E-state index in [0.717, 1.165) is 37.8 Å². The monoisotopic (exact) mass is 294 g/mol. The van der Waals surface area contributed by atoms with Crippen molar-refractivity contribution in [2.24, 2.45) is 0 Å². The molecule has 1 aromatic rings. The molecule has 0 bridgehead atoms. The Morgan fingerprint density at radius 2 is 1.95 bits per heavy atom. The van der Waals surface area contributed by atoms with Crippen molar-refractivity contribution in [3.05, 3.63) is 29.6 Å². The first-order valence-electron chi connectivity index (χ1n) is 7.05. The summed E-state index contributed by atoms with van der Waals surface area (Å²) >= 11 is 0. The second-order valence-corrected chi connectivity index (χ2v) is 5.33. The Balaban J connectivity index is 2.01. The SMILES string of the molecule is CN(C(=O)Nc1ccc(C(=O)O)c(F)c1)C1CCCCC1. The van der Waals surface area contributed by atoms with Gasteiger partial charge in [0.2, 0.25) is 0 Å². The predicted octanol–water partition coefficient (Wildman–Crippen LogP) is 3.32. The maximum absolute atomic E-state index is 13.6. The van der Waals surface area contributed by atoms with E-state index < -0.39 is 17.3 Å². The van der Waals surface area contributed by atoms with E-state index in [4.69, 9.17) is 5.11 Å². The van der Waals surface area contributed by atoms with E-state index in [2.05, 4.69) is 5.32 Å². The van der Waals surface area contributed by atoms with Crippen molar-refractivity contribution in [3.8, 4) is 0 Å². The van der Waals surface area contributed by atoms with Crippen molar-refractivity contribution in [2.45, 2.75) is 38.1 Å². The van der Waals surface area contributed by atoms with Crippen LogP contribution in [0.2, 0.25) is 0 Å². The third kappa shape index (κ3) is 3.71. The topological polar surface area (TPSA) is 69.6 Å². The largest absolute Gasteiger partial charge is 0.478 e. The summed E-state index contributed by atoms with van der Waals surface area (Å²) in [5.41, 5.74) is -0.154. The molecule has 5 nitrogen and oxygen atoms in total. The molecule has 1 fully saturated rings. The minimum absolute atomic E-state index is 0.210. The van der Waals surface area contributed by atoms with Gasteiger partial charge in [0.1, 0.15) is 5.82 Å². The molecule has 0 aromatic heterocycles. The summed E-state index contributed by atoms with van der Waals surface area (Å²) in [7, 11) is 1.73. The maximum Gasteiger partial charge on any atom is 0.338 e. The molecule has 0 unspecified atom stereocenters. The van der Waals surface area contributed by atoms with Gasteiger partial charge in [0.05, 0.1) is 5.56 Å². The third-order valence-electron chi connectivity index (χ3n) is 3.89. The molecule has 21 heavy (non-hydrogen) atoms. The molecule has 0 heterocycles. The number of carboxylic acids is 1. The number of hydrogen-bond acceptors (Lipinski definition) is 2. The van der Waals surface area contributed by atoms with Gasteiger partial charge in [-0.25, -0.2) is 14.0 Å². The average molecular weight is 294 g/mol. The maximum atomic E-state index is 13.6. The van der Waals surface area contributed by atoms with Crippen LogP contribution in [0.3, 0.4) is 0 Å². The molecule has 1 aliphatic rings. The number of hydrogen-bond donors (Lipinski definition) is 2. The summed E-state index contributed by atoms with van der Waals surface area (Å²) in [5.74, 6) is -2.19. The van der Waals surface area contributed by atoms with Gasteiger partial charge in [0.15, 0.2) is 0 Å². The summed E-state index contributed by atoms with van der Waals surface area (Å²) in [6.07, 6.45) is 5.40. The van der Waals surface area contributed by atoms with Crippen LogP contribution < -0.4 is 5.32 Å². The number of anilines is 1. The summed E-state index contributed by atoms with van der Waals surface area (Å²) in [5, 5.41) is 11.4. The van der Waals surface area contributed by atoms with Crippen LogP contribution in [0, 0.1) is 5.82 Å². The summed E-state index contributed by atoms with van der Waals surface area (Å²) in [4.78, 5) is 24.5. The fourth-order valence-corrected chi connectivity index (χ4v) is 2.61. The Bertz CT molecular complexity index is 542. The van der Waals surface area contributed by atoms with E-state index in [1.165, 1.54) is 12.5 Å². The van der Waals surface area contributed by atoms with Crippen LogP contribution in [0.1, 0.15) is 42.5 Å². The fraction of sp³-hybridized carbons (Fsp3) is 0.467. The van der Waals surface area contributed by atoms with Crippen molar-refractivity contribution in [1.29, 1.82) is 0 Å². The van der Waals surface area contributed by atoms with Gasteiger partial charge in [-0.15, -0.1) is 0 Å². The molecule has 0 aliphatic heterocycles. The Morgan fingerprint density at radius 3 is 2.52 bits per heavy atom. The minimum Gasteiger partial charge on any atom is -0.478 e. The first kappa shape index (κ1) is 15.3. The number of nitrogens with zero attached hydrogens (tertiary/aromatic N) is 1. The number of nitrogens with one attached hydrogen (secondary N) is 1. The number of aromatic carboxylic acids is 1. The van der Waals surface area contributed by atoms with Crippen LogP contribution in [-0.2, 0) is 0 Å². The van der Waals surface area contributed by atoms with Crippen molar-refractivity contribution in [2.75, 3.05) is 12.4 Å². The fourth-order valence-electron chi connectivity index (χ4n) is 2.61. The normalized spacial score (nSPS) is 15.5. The Kier molecular flexibility index (Phi) is 4.77. The van der Waals surface area contributed by atoms with E-state index in [1.54, 1.807) is 11.9 Å². The van der Waals surface area contributed by atoms with Gasteiger partial charge in [0.25, 0.3) is 0 Å². The standard InChI is InChI=1S/C15H19FN2O3/c1-18(11-5-3-2-4-6-11)15(21)17-10-7-8-12(14(19)20)13(16)9-10/h7-9,11H,2-6H2,1H3,(H,17,21)(H,19,20). The van der Waals surface area contributed by atoms with Crippen molar-refractivity contribution >= 4 is 17.7 Å². The molecule has 0 atom stereocenters. The molecule has 0 saturated heterocycles. The van der Waals surface area contributed by atoms with Crippen LogP contribution in [0.25, 0.3) is 0 Å². The lowest BCUT2D eigenvalue weighted by molar-refractivity contribution is 0.0692. The number of carbonyl (C=O) groups is 2. The lowest BCUT2D eigenvalue weighted by Crippen LogP contribution is -2.40. The molecule has 2 amide bonds. The highest BCUT2D eigenvalue weighted by Crippen LogP contribution is 2.22. The Labute approximate surface area is 122 Å². The Morgan fingerprint density at radius 1 is 1.29 bits per heavy atom. The highest BCUT2D eigenvalue weighted by atomic mass is 19.1. The van der Waals surface area contributed by atoms with Gasteiger partial charge >= 0.3 is 12.0 Å². The highest BCUT2D eigenvalue weighted by molar-refractivity contribution is 5.91. The van der Waals surface area contributed by atoms with Gasteiger partial charge in [-0.1, -0.05) is 19.3 Å². The van der Waals surface area contributed by atoms with E-state index in [0.29, 0.717) is 0 Å². The second kappa shape index (κ2) is 6.56. The molecule has 2 rings (SSSR count). The number of carboxylic acid groups (broad SMARTS) is 1. The molecule has 1 aromatic carbocycles. The number of amides is 2. The number of urea groups is 1. The number of rotatable bonds is 3. The van der Waals surface area contributed by atoms with E-state index >= 15 is 0 Å². The van der Waals surface area contributed by atoms with Gasteiger partial charge in [0, 0.05) is 18.8 Å². The average Bonchev–Trinajstić information content (AvgIpc) is 2.47. The van der Waals surface area contributed by atoms with Crippen LogP contribution >= 0.6 is 0 Å².